The third-order valence-corrected chi connectivity index (χ3v) is 3.14. The van der Waals surface area contributed by atoms with Crippen molar-refractivity contribution in [2.24, 2.45) is 10.9 Å². The molecule has 0 aliphatic carbocycles. The van der Waals surface area contributed by atoms with Crippen molar-refractivity contribution < 1.29 is 10.0 Å². The summed E-state index contributed by atoms with van der Waals surface area (Å²) in [6, 6.07) is 9.07. The monoisotopic (exact) mass is 249 g/mol. The zero-order valence-corrected chi connectivity index (χ0v) is 10.9. The molecule has 5 heteroatoms. The van der Waals surface area contributed by atoms with Gasteiger partial charge in [0, 0.05) is 7.05 Å². The number of nitrogens with zero attached hydrogens (tertiary/aromatic N) is 2. The fraction of sp³-hybridized carbons (Fsp3) is 0.385. The van der Waals surface area contributed by atoms with Gasteiger partial charge in [0.1, 0.15) is 0 Å². The van der Waals surface area contributed by atoms with Gasteiger partial charge >= 0.3 is 0 Å². The lowest BCUT2D eigenvalue weighted by atomic mass is 9.99. The van der Waals surface area contributed by atoms with Crippen molar-refractivity contribution in [3.8, 4) is 0 Å². The third-order valence-electron chi connectivity index (χ3n) is 3.14. The molecule has 0 radical (unpaired) electrons. The number of amides is 1. The van der Waals surface area contributed by atoms with Crippen LogP contribution in [0.3, 0.4) is 0 Å². The maximum atomic E-state index is 12.2. The van der Waals surface area contributed by atoms with Crippen molar-refractivity contribution in [3.63, 3.8) is 0 Å². The smallest absolute Gasteiger partial charge is 0.230 e. The molecule has 0 spiro atoms. The summed E-state index contributed by atoms with van der Waals surface area (Å²) < 4.78 is 0. The van der Waals surface area contributed by atoms with Crippen molar-refractivity contribution in [2.45, 2.75) is 25.8 Å². The molecule has 0 saturated carbocycles. The molecule has 0 aliphatic heterocycles. The normalized spacial score (nSPS) is 14.9. The van der Waals surface area contributed by atoms with Crippen LogP contribution in [0, 0.1) is 0 Å². The van der Waals surface area contributed by atoms with E-state index in [0.717, 1.165) is 5.56 Å². The molecule has 0 saturated heterocycles. The van der Waals surface area contributed by atoms with E-state index in [9.17, 15) is 4.79 Å². The van der Waals surface area contributed by atoms with Crippen LogP contribution in [0.4, 0.5) is 0 Å². The van der Waals surface area contributed by atoms with Gasteiger partial charge < -0.3 is 15.8 Å². The molecule has 1 aromatic rings. The quantitative estimate of drug-likeness (QED) is 0.366. The summed E-state index contributed by atoms with van der Waals surface area (Å²) in [5.41, 5.74) is 6.45. The van der Waals surface area contributed by atoms with Gasteiger partial charge in [0.2, 0.25) is 5.91 Å². The molecule has 0 heterocycles. The predicted octanol–water partition coefficient (Wildman–Crippen LogP) is 1.38. The van der Waals surface area contributed by atoms with E-state index in [4.69, 9.17) is 10.9 Å². The lowest BCUT2D eigenvalue weighted by Crippen LogP contribution is -2.45. The van der Waals surface area contributed by atoms with Crippen molar-refractivity contribution in [1.29, 1.82) is 0 Å². The number of rotatable bonds is 4. The molecule has 0 aliphatic rings. The number of amidine groups is 1. The molecule has 0 fully saturated rings. The van der Waals surface area contributed by atoms with E-state index in [-0.39, 0.29) is 17.7 Å². The van der Waals surface area contributed by atoms with Crippen LogP contribution >= 0.6 is 0 Å². The Hall–Kier alpha value is -2.04. The van der Waals surface area contributed by atoms with Gasteiger partial charge in [0.05, 0.1) is 12.0 Å². The largest absolute Gasteiger partial charge is 0.409 e. The first-order valence-electron chi connectivity index (χ1n) is 5.78. The van der Waals surface area contributed by atoms with Crippen LogP contribution in [0.5, 0.6) is 0 Å². The SMILES string of the molecule is CC(C(=O)N(C)C(C)/C(N)=N/O)c1ccccc1. The van der Waals surface area contributed by atoms with Gasteiger partial charge in [-0.05, 0) is 19.4 Å². The maximum absolute atomic E-state index is 12.2. The third kappa shape index (κ3) is 3.00. The number of benzene rings is 1. The molecule has 1 rings (SSSR count). The summed E-state index contributed by atoms with van der Waals surface area (Å²) in [5.74, 6) is -0.309. The van der Waals surface area contributed by atoms with Gasteiger partial charge in [-0.25, -0.2) is 0 Å². The number of carbonyl (C=O) groups excluding carboxylic acids is 1. The van der Waals surface area contributed by atoms with E-state index >= 15 is 0 Å². The van der Waals surface area contributed by atoms with Gasteiger partial charge in [-0.15, -0.1) is 0 Å². The predicted molar refractivity (Wildman–Crippen MR) is 70.5 cm³/mol. The summed E-state index contributed by atoms with van der Waals surface area (Å²) in [7, 11) is 1.64. The fourth-order valence-electron chi connectivity index (χ4n) is 1.66. The second-order valence-electron chi connectivity index (χ2n) is 4.28. The Morgan fingerprint density at radius 1 is 1.33 bits per heavy atom. The van der Waals surface area contributed by atoms with Crippen molar-refractivity contribution in [1.82, 2.24) is 4.90 Å². The van der Waals surface area contributed by atoms with Crippen molar-refractivity contribution in [2.75, 3.05) is 7.05 Å². The fourth-order valence-corrected chi connectivity index (χ4v) is 1.66. The average Bonchev–Trinajstić information content (AvgIpc) is 2.44. The minimum atomic E-state index is -0.436. The Morgan fingerprint density at radius 3 is 2.39 bits per heavy atom. The molecule has 5 nitrogen and oxygen atoms in total. The van der Waals surface area contributed by atoms with E-state index in [0.29, 0.717) is 0 Å². The van der Waals surface area contributed by atoms with Crippen LogP contribution < -0.4 is 5.73 Å². The highest BCUT2D eigenvalue weighted by Gasteiger charge is 2.24. The van der Waals surface area contributed by atoms with Gasteiger partial charge in [-0.3, -0.25) is 4.79 Å². The molecule has 0 bridgehead atoms. The number of oxime groups is 1. The number of hydrogen-bond donors (Lipinski definition) is 2. The molecule has 1 amide bonds. The molecular formula is C13H19N3O2. The standard InChI is InChI=1S/C13H19N3O2/c1-9(11-7-5-4-6-8-11)13(17)16(3)10(2)12(14)15-18/h4-10,18H,1-3H3,(H2,14,15). The first kappa shape index (κ1) is 14.0. The molecule has 2 unspecified atom stereocenters. The van der Waals surface area contributed by atoms with Crippen molar-refractivity contribution >= 4 is 11.7 Å². The Morgan fingerprint density at radius 2 is 1.89 bits per heavy atom. The summed E-state index contributed by atoms with van der Waals surface area (Å²) in [6.45, 7) is 3.55. The van der Waals surface area contributed by atoms with E-state index in [1.54, 1.807) is 14.0 Å². The van der Waals surface area contributed by atoms with Gasteiger partial charge in [-0.2, -0.15) is 0 Å². The molecule has 18 heavy (non-hydrogen) atoms. The number of likely N-dealkylation sites (N-methyl/N-ethyl adjacent to an activating group) is 1. The molecule has 3 N–H and O–H groups in total. The Kier molecular flexibility index (Phi) is 4.71. The first-order chi connectivity index (χ1) is 8.49. The second kappa shape index (κ2) is 6.05. The van der Waals surface area contributed by atoms with Crippen LogP contribution in [0.1, 0.15) is 25.3 Å². The lowest BCUT2D eigenvalue weighted by Gasteiger charge is -2.26. The van der Waals surface area contributed by atoms with Crippen LogP contribution in [-0.4, -0.2) is 34.9 Å². The molecule has 98 valence electrons. The summed E-state index contributed by atoms with van der Waals surface area (Å²) in [6.07, 6.45) is 0. The van der Waals surface area contributed by atoms with Crippen molar-refractivity contribution in [3.05, 3.63) is 35.9 Å². The summed E-state index contributed by atoms with van der Waals surface area (Å²) >= 11 is 0. The molecule has 0 aromatic heterocycles. The highest BCUT2D eigenvalue weighted by Crippen LogP contribution is 2.18. The minimum absolute atomic E-state index is 0.0195. The molecule has 1 aromatic carbocycles. The average molecular weight is 249 g/mol. The van der Waals surface area contributed by atoms with Gasteiger partial charge in [0.15, 0.2) is 5.84 Å². The van der Waals surface area contributed by atoms with Crippen LogP contribution in [0.25, 0.3) is 0 Å². The number of carbonyl (C=O) groups is 1. The van der Waals surface area contributed by atoms with Gasteiger partial charge in [0.25, 0.3) is 0 Å². The Balaban J connectivity index is 2.82. The Labute approximate surface area is 107 Å². The number of nitrogens with two attached hydrogens (primary N) is 1. The minimum Gasteiger partial charge on any atom is -0.409 e. The molecular weight excluding hydrogens is 230 g/mol. The Bertz CT molecular complexity index is 431. The highest BCUT2D eigenvalue weighted by molar-refractivity contribution is 5.91. The van der Waals surface area contributed by atoms with E-state index in [2.05, 4.69) is 5.16 Å². The van der Waals surface area contributed by atoms with E-state index < -0.39 is 6.04 Å². The lowest BCUT2D eigenvalue weighted by molar-refractivity contribution is -0.131. The van der Waals surface area contributed by atoms with E-state index in [1.165, 1.54) is 4.90 Å². The van der Waals surface area contributed by atoms with E-state index in [1.807, 2.05) is 37.3 Å². The zero-order chi connectivity index (χ0) is 13.7. The summed E-state index contributed by atoms with van der Waals surface area (Å²) in [5, 5.41) is 11.5. The maximum Gasteiger partial charge on any atom is 0.230 e. The topological polar surface area (TPSA) is 78.9 Å². The van der Waals surface area contributed by atoms with Crippen LogP contribution in [0.2, 0.25) is 0 Å². The zero-order valence-electron chi connectivity index (χ0n) is 10.9. The van der Waals surface area contributed by atoms with Crippen LogP contribution in [0.15, 0.2) is 35.5 Å². The highest BCUT2D eigenvalue weighted by atomic mass is 16.4. The van der Waals surface area contributed by atoms with Crippen LogP contribution in [-0.2, 0) is 4.79 Å². The van der Waals surface area contributed by atoms with Gasteiger partial charge in [-0.1, -0.05) is 35.5 Å². The second-order valence-corrected chi connectivity index (χ2v) is 4.28. The summed E-state index contributed by atoms with van der Waals surface area (Å²) in [4.78, 5) is 13.7. The molecule has 2 atom stereocenters. The first-order valence-corrected chi connectivity index (χ1v) is 5.78. The number of hydrogen-bond acceptors (Lipinski definition) is 3.